The molecule has 0 fully saturated rings. The van der Waals surface area contributed by atoms with Crippen molar-refractivity contribution in [1.29, 1.82) is 0 Å². The number of aliphatic hydroxyl groups excluding tert-OH is 1. The van der Waals surface area contributed by atoms with Gasteiger partial charge in [0.05, 0.1) is 22.6 Å². The van der Waals surface area contributed by atoms with Crippen molar-refractivity contribution < 1.29 is 14.8 Å². The van der Waals surface area contributed by atoms with Gasteiger partial charge >= 0.3 is 0 Å². The van der Waals surface area contributed by atoms with Gasteiger partial charge in [-0.1, -0.05) is 58.0 Å². The Morgan fingerprint density at radius 1 is 1.11 bits per heavy atom. The van der Waals surface area contributed by atoms with Crippen LogP contribution in [0.5, 0.6) is 0 Å². The van der Waals surface area contributed by atoms with Crippen molar-refractivity contribution in [3.63, 3.8) is 0 Å². The molecular formula is C21H26N2O4S. The van der Waals surface area contributed by atoms with E-state index in [4.69, 9.17) is 0 Å². The molecule has 2 N–H and O–H groups in total. The van der Waals surface area contributed by atoms with Crippen molar-refractivity contribution in [3.8, 4) is 0 Å². The zero-order valence-electron chi connectivity index (χ0n) is 16.5. The van der Waals surface area contributed by atoms with E-state index in [2.05, 4.69) is 5.32 Å². The van der Waals surface area contributed by atoms with Crippen LogP contribution in [0.2, 0.25) is 0 Å². The molecule has 0 saturated heterocycles. The minimum atomic E-state index is -0.884. The Morgan fingerprint density at radius 3 is 2.29 bits per heavy atom. The molecule has 0 aromatic heterocycles. The summed E-state index contributed by atoms with van der Waals surface area (Å²) in [5.74, 6) is -0.473. The van der Waals surface area contributed by atoms with E-state index < -0.39 is 23.0 Å². The van der Waals surface area contributed by atoms with E-state index in [-0.39, 0.29) is 22.4 Å². The highest BCUT2D eigenvalue weighted by atomic mass is 32.2. The number of nitro groups is 1. The van der Waals surface area contributed by atoms with Crippen LogP contribution in [-0.4, -0.2) is 27.2 Å². The SMILES string of the molecule is CC(C)Sc1ccc([N+](=O)[O-])cc1C(=O)N[C@H](C(C)C)[C@@H](O)c1ccccc1. The first-order valence-corrected chi connectivity index (χ1v) is 10.1. The second-order valence-corrected chi connectivity index (χ2v) is 8.82. The highest BCUT2D eigenvalue weighted by Crippen LogP contribution is 2.30. The number of nitrogens with zero attached hydrogens (tertiary/aromatic N) is 1. The number of amides is 1. The van der Waals surface area contributed by atoms with Crippen LogP contribution in [0.15, 0.2) is 53.4 Å². The zero-order chi connectivity index (χ0) is 20.8. The third kappa shape index (κ3) is 5.56. The van der Waals surface area contributed by atoms with Crippen LogP contribution >= 0.6 is 11.8 Å². The summed E-state index contributed by atoms with van der Waals surface area (Å²) < 4.78 is 0. The molecule has 0 radical (unpaired) electrons. The third-order valence-electron chi connectivity index (χ3n) is 4.28. The van der Waals surface area contributed by atoms with Gasteiger partial charge in [-0.15, -0.1) is 11.8 Å². The van der Waals surface area contributed by atoms with E-state index in [1.54, 1.807) is 18.2 Å². The number of nitrogens with one attached hydrogen (secondary N) is 1. The molecule has 28 heavy (non-hydrogen) atoms. The predicted molar refractivity (Wildman–Crippen MR) is 112 cm³/mol. The molecule has 0 heterocycles. The lowest BCUT2D eigenvalue weighted by Crippen LogP contribution is -2.43. The summed E-state index contributed by atoms with van der Waals surface area (Å²) >= 11 is 1.47. The molecule has 150 valence electrons. The molecule has 0 aliphatic heterocycles. The minimum Gasteiger partial charge on any atom is -0.386 e. The lowest BCUT2D eigenvalue weighted by Gasteiger charge is -2.28. The van der Waals surface area contributed by atoms with Gasteiger partial charge in [0.2, 0.25) is 0 Å². The summed E-state index contributed by atoms with van der Waals surface area (Å²) in [6.07, 6.45) is -0.884. The fourth-order valence-electron chi connectivity index (χ4n) is 2.86. The van der Waals surface area contributed by atoms with Gasteiger partial charge in [0.15, 0.2) is 0 Å². The summed E-state index contributed by atoms with van der Waals surface area (Å²) in [6.45, 7) is 7.80. The van der Waals surface area contributed by atoms with E-state index in [0.29, 0.717) is 10.5 Å². The van der Waals surface area contributed by atoms with Crippen LogP contribution in [0.25, 0.3) is 0 Å². The maximum Gasteiger partial charge on any atom is 0.270 e. The van der Waals surface area contributed by atoms with Crippen LogP contribution < -0.4 is 5.32 Å². The number of benzene rings is 2. The second kappa shape index (κ2) is 9.71. The van der Waals surface area contributed by atoms with Crippen molar-refractivity contribution >= 4 is 23.4 Å². The average molecular weight is 403 g/mol. The van der Waals surface area contributed by atoms with Gasteiger partial charge in [0.25, 0.3) is 11.6 Å². The Kier molecular flexibility index (Phi) is 7.60. The second-order valence-electron chi connectivity index (χ2n) is 7.20. The Bertz CT molecular complexity index is 824. The molecule has 6 nitrogen and oxygen atoms in total. The molecule has 0 saturated carbocycles. The number of carbonyl (C=O) groups excluding carboxylic acids is 1. The van der Waals surface area contributed by atoms with Gasteiger partial charge in [-0.05, 0) is 17.5 Å². The third-order valence-corrected chi connectivity index (χ3v) is 5.36. The summed E-state index contributed by atoms with van der Waals surface area (Å²) in [6, 6.07) is 12.9. The lowest BCUT2D eigenvalue weighted by molar-refractivity contribution is -0.384. The molecular weight excluding hydrogens is 376 g/mol. The Balaban J connectivity index is 2.34. The molecule has 2 aromatic carbocycles. The highest BCUT2D eigenvalue weighted by Gasteiger charge is 2.28. The fraction of sp³-hybridized carbons (Fsp3) is 0.381. The first kappa shape index (κ1) is 21.9. The maximum atomic E-state index is 13.0. The van der Waals surface area contributed by atoms with E-state index in [0.717, 1.165) is 0 Å². The topological polar surface area (TPSA) is 92.5 Å². The molecule has 0 spiro atoms. The van der Waals surface area contributed by atoms with E-state index >= 15 is 0 Å². The number of thioether (sulfide) groups is 1. The van der Waals surface area contributed by atoms with Crippen LogP contribution in [0.1, 0.15) is 49.7 Å². The van der Waals surface area contributed by atoms with Gasteiger partial charge in [-0.2, -0.15) is 0 Å². The molecule has 7 heteroatoms. The van der Waals surface area contributed by atoms with Crippen LogP contribution in [0.3, 0.4) is 0 Å². The Morgan fingerprint density at radius 2 is 1.75 bits per heavy atom. The number of non-ortho nitro benzene ring substituents is 1. The number of carbonyl (C=O) groups is 1. The van der Waals surface area contributed by atoms with Crippen LogP contribution in [0, 0.1) is 16.0 Å². The maximum absolute atomic E-state index is 13.0. The summed E-state index contributed by atoms with van der Waals surface area (Å²) in [4.78, 5) is 24.3. The first-order valence-electron chi connectivity index (χ1n) is 9.19. The number of hydrogen-bond acceptors (Lipinski definition) is 5. The van der Waals surface area contributed by atoms with Gasteiger partial charge in [-0.3, -0.25) is 14.9 Å². The van der Waals surface area contributed by atoms with Crippen molar-refractivity contribution in [2.24, 2.45) is 5.92 Å². The lowest BCUT2D eigenvalue weighted by atomic mass is 9.93. The predicted octanol–water partition coefficient (Wildman–Crippen LogP) is 4.58. The van der Waals surface area contributed by atoms with Crippen molar-refractivity contribution in [3.05, 3.63) is 69.8 Å². The van der Waals surface area contributed by atoms with Crippen molar-refractivity contribution in [2.75, 3.05) is 0 Å². The molecule has 1 amide bonds. The molecule has 0 aliphatic carbocycles. The molecule has 0 bridgehead atoms. The normalized spacial score (nSPS) is 13.4. The molecule has 2 atom stereocenters. The van der Waals surface area contributed by atoms with E-state index in [1.165, 1.54) is 23.9 Å². The molecule has 0 unspecified atom stereocenters. The van der Waals surface area contributed by atoms with Gasteiger partial charge in [-0.25, -0.2) is 0 Å². The number of aliphatic hydroxyl groups is 1. The largest absolute Gasteiger partial charge is 0.386 e. The molecule has 2 aromatic rings. The summed E-state index contributed by atoms with van der Waals surface area (Å²) in [5, 5.41) is 25.0. The van der Waals surface area contributed by atoms with E-state index in [1.807, 2.05) is 45.9 Å². The summed E-state index contributed by atoms with van der Waals surface area (Å²) in [5.41, 5.74) is 0.819. The summed E-state index contributed by atoms with van der Waals surface area (Å²) in [7, 11) is 0. The molecule has 2 rings (SSSR count). The quantitative estimate of drug-likeness (QED) is 0.383. The van der Waals surface area contributed by atoms with Crippen LogP contribution in [0.4, 0.5) is 5.69 Å². The Labute approximate surface area is 169 Å². The molecule has 0 aliphatic rings. The standard InChI is InChI=1S/C21H26N2O4S/c1-13(2)19(20(24)15-8-6-5-7-9-15)22-21(25)17-12-16(23(26)27)10-11-18(17)28-14(3)4/h5-14,19-20,24H,1-4H3,(H,22,25)/t19-,20+/m1/s1. The van der Waals surface area contributed by atoms with Gasteiger partial charge < -0.3 is 10.4 Å². The van der Waals surface area contributed by atoms with E-state index in [9.17, 15) is 20.0 Å². The number of nitro benzene ring substituents is 1. The number of hydrogen-bond donors (Lipinski definition) is 2. The van der Waals surface area contributed by atoms with Crippen LogP contribution in [-0.2, 0) is 0 Å². The average Bonchev–Trinajstić information content (AvgIpc) is 2.65. The van der Waals surface area contributed by atoms with Crippen molar-refractivity contribution in [1.82, 2.24) is 5.32 Å². The zero-order valence-corrected chi connectivity index (χ0v) is 17.3. The smallest absolute Gasteiger partial charge is 0.270 e. The first-order chi connectivity index (χ1) is 13.2. The fourth-order valence-corrected chi connectivity index (χ4v) is 3.80. The minimum absolute atomic E-state index is 0.0425. The highest BCUT2D eigenvalue weighted by molar-refractivity contribution is 8.00. The monoisotopic (exact) mass is 402 g/mol. The number of rotatable bonds is 8. The van der Waals surface area contributed by atoms with Crippen molar-refractivity contribution in [2.45, 2.75) is 50.0 Å². The van der Waals surface area contributed by atoms with Gasteiger partial charge in [0.1, 0.15) is 0 Å². The Hall–Kier alpha value is -2.38. The van der Waals surface area contributed by atoms with Gasteiger partial charge in [0, 0.05) is 22.3 Å².